The van der Waals surface area contributed by atoms with Crippen LogP contribution in [0.3, 0.4) is 0 Å². The number of hydrogen-bond donors (Lipinski definition) is 2. The van der Waals surface area contributed by atoms with Crippen molar-refractivity contribution in [3.63, 3.8) is 0 Å². The van der Waals surface area contributed by atoms with E-state index < -0.39 is 0 Å². The van der Waals surface area contributed by atoms with Gasteiger partial charge in [-0.2, -0.15) is 0 Å². The van der Waals surface area contributed by atoms with Crippen LogP contribution in [-0.2, 0) is 15.9 Å². The number of aliphatic imine (C=N–C) groups is 1. The van der Waals surface area contributed by atoms with Crippen molar-refractivity contribution in [2.45, 2.75) is 32.6 Å². The van der Waals surface area contributed by atoms with E-state index in [0.29, 0.717) is 5.92 Å². The summed E-state index contributed by atoms with van der Waals surface area (Å²) in [6, 6.07) is 3.90. The molecule has 0 amide bonds. The van der Waals surface area contributed by atoms with Crippen molar-refractivity contribution in [2.75, 3.05) is 46.1 Å². The van der Waals surface area contributed by atoms with Gasteiger partial charge in [-0.05, 0) is 31.4 Å². The summed E-state index contributed by atoms with van der Waals surface area (Å²) in [6.45, 7) is 7.95. The quantitative estimate of drug-likeness (QED) is 0.228. The molecule has 1 atom stereocenters. The smallest absolute Gasteiger partial charge is 0.191 e. The van der Waals surface area contributed by atoms with Crippen LogP contribution < -0.4 is 10.6 Å². The van der Waals surface area contributed by atoms with Crippen molar-refractivity contribution >= 4 is 29.9 Å². The first-order valence-corrected chi connectivity index (χ1v) is 9.08. The summed E-state index contributed by atoms with van der Waals surface area (Å²) in [4.78, 5) is 4.55. The molecule has 1 aliphatic rings. The maximum atomic E-state index is 5.72. The van der Waals surface area contributed by atoms with Crippen LogP contribution in [0.5, 0.6) is 0 Å². The van der Waals surface area contributed by atoms with Gasteiger partial charge in [0.15, 0.2) is 5.96 Å². The fourth-order valence-corrected chi connectivity index (χ4v) is 2.50. The first-order chi connectivity index (χ1) is 11.9. The molecule has 7 heteroatoms. The highest BCUT2D eigenvalue weighted by molar-refractivity contribution is 14.0. The van der Waals surface area contributed by atoms with E-state index in [1.165, 1.54) is 0 Å². The number of halogens is 1. The zero-order valence-electron chi connectivity index (χ0n) is 15.2. The van der Waals surface area contributed by atoms with Crippen molar-refractivity contribution in [3.05, 3.63) is 24.2 Å². The lowest BCUT2D eigenvalue weighted by Gasteiger charge is -2.13. The molecule has 1 aliphatic heterocycles. The van der Waals surface area contributed by atoms with Crippen LogP contribution >= 0.6 is 24.0 Å². The average Bonchev–Trinajstić information content (AvgIpc) is 3.28. The van der Waals surface area contributed by atoms with Crippen molar-refractivity contribution in [1.29, 1.82) is 0 Å². The predicted molar refractivity (Wildman–Crippen MR) is 111 cm³/mol. The maximum Gasteiger partial charge on any atom is 0.191 e. The van der Waals surface area contributed by atoms with Crippen molar-refractivity contribution in [1.82, 2.24) is 10.6 Å². The molecule has 1 fully saturated rings. The molecule has 0 spiro atoms. The van der Waals surface area contributed by atoms with Gasteiger partial charge in [0.1, 0.15) is 5.76 Å². The summed E-state index contributed by atoms with van der Waals surface area (Å²) in [5, 5.41) is 6.72. The number of hydrogen-bond acceptors (Lipinski definition) is 4. The fourth-order valence-electron chi connectivity index (χ4n) is 2.50. The maximum absolute atomic E-state index is 5.72. The van der Waals surface area contributed by atoms with E-state index in [0.717, 1.165) is 83.5 Å². The zero-order chi connectivity index (χ0) is 16.9. The van der Waals surface area contributed by atoms with Crippen LogP contribution in [0, 0.1) is 5.92 Å². The van der Waals surface area contributed by atoms with Gasteiger partial charge in [0.25, 0.3) is 0 Å². The Hall–Kier alpha value is -0.800. The molecule has 1 aromatic heterocycles. The molecule has 2 rings (SSSR count). The van der Waals surface area contributed by atoms with Gasteiger partial charge in [0.2, 0.25) is 0 Å². The Morgan fingerprint density at radius 3 is 2.96 bits per heavy atom. The molecule has 1 saturated heterocycles. The normalized spacial score (nSPS) is 17.3. The van der Waals surface area contributed by atoms with Crippen molar-refractivity contribution < 1.29 is 13.9 Å². The molecule has 0 aliphatic carbocycles. The molecule has 2 heterocycles. The van der Waals surface area contributed by atoms with E-state index in [-0.39, 0.29) is 24.0 Å². The third kappa shape index (κ3) is 10.1. The second-order valence-corrected chi connectivity index (χ2v) is 6.07. The van der Waals surface area contributed by atoms with Crippen LogP contribution in [0.25, 0.3) is 0 Å². The van der Waals surface area contributed by atoms with Gasteiger partial charge in [-0.3, -0.25) is 4.99 Å². The fraction of sp³-hybridized carbons (Fsp3) is 0.722. The summed E-state index contributed by atoms with van der Waals surface area (Å²) in [5.74, 6) is 2.44. The second kappa shape index (κ2) is 14.4. The van der Waals surface area contributed by atoms with Crippen LogP contribution in [0.1, 0.15) is 31.9 Å². The van der Waals surface area contributed by atoms with E-state index in [1.807, 2.05) is 12.1 Å². The van der Waals surface area contributed by atoms with Gasteiger partial charge >= 0.3 is 0 Å². The van der Waals surface area contributed by atoms with Gasteiger partial charge in [0.05, 0.1) is 19.5 Å². The Kier molecular flexibility index (Phi) is 12.8. The molecule has 0 aromatic carbocycles. The Bertz CT molecular complexity index is 448. The van der Waals surface area contributed by atoms with E-state index >= 15 is 0 Å². The molecule has 0 bridgehead atoms. The Labute approximate surface area is 168 Å². The van der Waals surface area contributed by atoms with E-state index in [9.17, 15) is 0 Å². The summed E-state index contributed by atoms with van der Waals surface area (Å²) in [7, 11) is 0. The van der Waals surface area contributed by atoms with E-state index in [4.69, 9.17) is 13.9 Å². The Morgan fingerprint density at radius 1 is 1.36 bits per heavy atom. The summed E-state index contributed by atoms with van der Waals surface area (Å²) in [6.07, 6.45) is 5.70. The number of guanidine groups is 1. The lowest BCUT2D eigenvalue weighted by molar-refractivity contribution is 0.0888. The largest absolute Gasteiger partial charge is 0.469 e. The van der Waals surface area contributed by atoms with Crippen LogP contribution in [0.15, 0.2) is 27.8 Å². The Balaban J connectivity index is 0.00000312. The molecular formula is C18H32IN3O3. The minimum Gasteiger partial charge on any atom is -0.469 e. The number of nitrogens with one attached hydrogen (secondary N) is 2. The second-order valence-electron chi connectivity index (χ2n) is 6.07. The molecular weight excluding hydrogens is 433 g/mol. The monoisotopic (exact) mass is 465 g/mol. The Morgan fingerprint density at radius 2 is 2.24 bits per heavy atom. The highest BCUT2D eigenvalue weighted by atomic mass is 127. The van der Waals surface area contributed by atoms with Gasteiger partial charge in [0, 0.05) is 45.2 Å². The topological polar surface area (TPSA) is 68.0 Å². The van der Waals surface area contributed by atoms with Gasteiger partial charge < -0.3 is 24.5 Å². The highest BCUT2D eigenvalue weighted by Gasteiger charge is 2.15. The van der Waals surface area contributed by atoms with Crippen LogP contribution in [0.4, 0.5) is 0 Å². The van der Waals surface area contributed by atoms with Gasteiger partial charge in [-0.15, -0.1) is 24.0 Å². The van der Waals surface area contributed by atoms with E-state index in [1.54, 1.807) is 6.26 Å². The summed E-state index contributed by atoms with van der Waals surface area (Å²) in [5.41, 5.74) is 0. The zero-order valence-corrected chi connectivity index (χ0v) is 17.5. The molecule has 2 N–H and O–H groups in total. The molecule has 0 saturated carbocycles. The first-order valence-electron chi connectivity index (χ1n) is 9.08. The van der Waals surface area contributed by atoms with Crippen LogP contribution in [-0.4, -0.2) is 52.0 Å². The number of furan rings is 1. The molecule has 25 heavy (non-hydrogen) atoms. The van der Waals surface area contributed by atoms with Gasteiger partial charge in [-0.1, -0.05) is 6.92 Å². The molecule has 6 nitrogen and oxygen atoms in total. The molecule has 1 aromatic rings. The highest BCUT2D eigenvalue weighted by Crippen LogP contribution is 2.12. The third-order valence-electron chi connectivity index (χ3n) is 3.87. The molecule has 0 radical (unpaired) electrons. The lowest BCUT2D eigenvalue weighted by atomic mass is 10.1. The minimum absolute atomic E-state index is 0. The summed E-state index contributed by atoms with van der Waals surface area (Å²) >= 11 is 0. The van der Waals surface area contributed by atoms with Crippen molar-refractivity contribution in [2.24, 2.45) is 10.9 Å². The van der Waals surface area contributed by atoms with E-state index in [2.05, 4.69) is 22.5 Å². The lowest BCUT2D eigenvalue weighted by Crippen LogP contribution is -2.39. The standard InChI is InChI=1S/C18H31N3O3.HI/c1-2-8-19-18(21-10-6-17-5-3-12-24-17)20-9-4-11-22-14-16-7-13-23-15-16;/h3,5,12,16H,2,4,6-11,13-15H2,1H3,(H2,19,20,21);1H. The minimum atomic E-state index is 0. The first kappa shape index (κ1) is 22.2. The number of rotatable bonds is 11. The number of ether oxygens (including phenoxy) is 2. The average molecular weight is 465 g/mol. The van der Waals surface area contributed by atoms with Gasteiger partial charge in [-0.25, -0.2) is 0 Å². The van der Waals surface area contributed by atoms with Crippen molar-refractivity contribution in [3.8, 4) is 0 Å². The summed E-state index contributed by atoms with van der Waals surface area (Å²) < 4.78 is 16.4. The predicted octanol–water partition coefficient (Wildman–Crippen LogP) is 2.83. The number of nitrogens with zero attached hydrogens (tertiary/aromatic N) is 1. The van der Waals surface area contributed by atoms with Crippen LogP contribution in [0.2, 0.25) is 0 Å². The molecule has 1 unspecified atom stereocenters. The third-order valence-corrected chi connectivity index (χ3v) is 3.87. The molecule has 144 valence electrons. The SMILES string of the molecule is CCCN=C(NCCCOCC1CCOC1)NCCc1ccco1.I.